The highest BCUT2D eigenvalue weighted by molar-refractivity contribution is 6.45. The molecule has 1 saturated heterocycles. The van der Waals surface area contributed by atoms with Crippen LogP contribution in [0.5, 0.6) is 5.75 Å². The van der Waals surface area contributed by atoms with E-state index in [1.54, 1.807) is 0 Å². The molecule has 1 fully saturated rings. The summed E-state index contributed by atoms with van der Waals surface area (Å²) in [5, 5.41) is 0. The number of hydrogen-bond donors (Lipinski definition) is 0. The second-order valence-electron chi connectivity index (χ2n) is 4.55. The van der Waals surface area contributed by atoms with Gasteiger partial charge in [-0.25, -0.2) is 9.69 Å². The molecular weight excluding hydrogens is 314 g/mol. The first kappa shape index (κ1) is 16.5. The van der Waals surface area contributed by atoms with Crippen LogP contribution >= 0.6 is 0 Å². The minimum atomic E-state index is -2.98. The average Bonchev–Trinajstić information content (AvgIpc) is 2.70. The third-order valence-electron chi connectivity index (χ3n) is 3.15. The van der Waals surface area contributed by atoms with Gasteiger partial charge in [-0.05, 0) is 31.2 Å². The van der Waals surface area contributed by atoms with E-state index in [1.807, 2.05) is 0 Å². The molecule has 0 bridgehead atoms. The smallest absolute Gasteiger partial charge is 0.387 e. The fraction of sp³-hybridized carbons (Fsp3) is 0.286. The number of likely N-dealkylation sites (N-methyl/N-ethyl adjacent to an activating group) is 1. The van der Waals surface area contributed by atoms with Crippen LogP contribution in [0.4, 0.5) is 13.6 Å². The highest BCUT2D eigenvalue weighted by Crippen LogP contribution is 2.17. The van der Waals surface area contributed by atoms with Crippen molar-refractivity contribution in [2.75, 3.05) is 13.1 Å². The third-order valence-corrected chi connectivity index (χ3v) is 3.15. The Morgan fingerprint density at radius 1 is 1.09 bits per heavy atom. The fourth-order valence-corrected chi connectivity index (χ4v) is 2.03. The number of urea groups is 1. The van der Waals surface area contributed by atoms with E-state index in [2.05, 4.69) is 4.74 Å². The Balaban J connectivity index is 2.08. The maximum absolute atomic E-state index is 12.1. The number of imide groups is 2. The molecule has 4 amide bonds. The lowest BCUT2D eigenvalue weighted by Gasteiger charge is -2.13. The van der Waals surface area contributed by atoms with Crippen molar-refractivity contribution in [1.82, 2.24) is 9.80 Å². The molecule has 1 aliphatic heterocycles. The zero-order valence-electron chi connectivity index (χ0n) is 12.0. The topological polar surface area (TPSA) is 84.0 Å². The van der Waals surface area contributed by atoms with Crippen LogP contribution in [0.2, 0.25) is 0 Å². The second kappa shape index (κ2) is 6.51. The predicted molar refractivity (Wildman–Crippen MR) is 71.9 cm³/mol. The van der Waals surface area contributed by atoms with Gasteiger partial charge in [-0.2, -0.15) is 8.78 Å². The maximum Gasteiger partial charge on any atom is 0.387 e. The molecule has 0 spiro atoms. The first-order chi connectivity index (χ1) is 10.8. The van der Waals surface area contributed by atoms with Crippen LogP contribution in [0.3, 0.4) is 0 Å². The van der Waals surface area contributed by atoms with Crippen LogP contribution < -0.4 is 4.74 Å². The lowest BCUT2D eigenvalue weighted by atomic mass is 10.1. The molecule has 1 aromatic rings. The van der Waals surface area contributed by atoms with E-state index in [4.69, 9.17) is 0 Å². The predicted octanol–water partition coefficient (Wildman–Crippen LogP) is 1.28. The van der Waals surface area contributed by atoms with E-state index in [9.17, 15) is 28.0 Å². The van der Waals surface area contributed by atoms with Crippen molar-refractivity contribution >= 4 is 23.6 Å². The number of carbonyl (C=O) groups excluding carboxylic acids is 4. The molecule has 0 aromatic heterocycles. The largest absolute Gasteiger partial charge is 0.435 e. The van der Waals surface area contributed by atoms with Gasteiger partial charge in [0.05, 0.1) is 6.54 Å². The molecule has 1 heterocycles. The molecule has 122 valence electrons. The van der Waals surface area contributed by atoms with Crippen molar-refractivity contribution in [3.8, 4) is 5.75 Å². The first-order valence-corrected chi connectivity index (χ1v) is 6.60. The number of carbonyl (C=O) groups is 4. The Morgan fingerprint density at radius 3 is 2.13 bits per heavy atom. The molecule has 0 N–H and O–H groups in total. The average molecular weight is 326 g/mol. The first-order valence-electron chi connectivity index (χ1n) is 6.60. The summed E-state index contributed by atoms with van der Waals surface area (Å²) in [5.41, 5.74) is 0.0922. The highest BCUT2D eigenvalue weighted by Gasteiger charge is 2.44. The maximum atomic E-state index is 12.1. The van der Waals surface area contributed by atoms with Gasteiger partial charge in [0.15, 0.2) is 5.78 Å². The summed E-state index contributed by atoms with van der Waals surface area (Å²) >= 11 is 0. The molecule has 9 heteroatoms. The van der Waals surface area contributed by atoms with Gasteiger partial charge in [0.2, 0.25) is 0 Å². The van der Waals surface area contributed by atoms with Gasteiger partial charge in [-0.1, -0.05) is 0 Å². The molecule has 0 saturated carbocycles. The van der Waals surface area contributed by atoms with Crippen molar-refractivity contribution in [3.05, 3.63) is 29.8 Å². The minimum Gasteiger partial charge on any atom is -0.435 e. The van der Waals surface area contributed by atoms with Gasteiger partial charge in [0.1, 0.15) is 5.75 Å². The van der Waals surface area contributed by atoms with Crippen molar-refractivity contribution < 1.29 is 32.7 Å². The zero-order chi connectivity index (χ0) is 17.1. The Hall–Kier alpha value is -2.84. The number of alkyl halides is 2. The number of halogens is 2. The Morgan fingerprint density at radius 2 is 1.65 bits per heavy atom. The number of benzene rings is 1. The van der Waals surface area contributed by atoms with E-state index < -0.39 is 36.8 Å². The Labute approximate surface area is 129 Å². The molecule has 23 heavy (non-hydrogen) atoms. The molecule has 7 nitrogen and oxygen atoms in total. The number of hydrogen-bond acceptors (Lipinski definition) is 5. The minimum absolute atomic E-state index is 0.0216. The molecule has 1 aliphatic rings. The van der Waals surface area contributed by atoms with Crippen LogP contribution in [0.15, 0.2) is 24.3 Å². The Kier molecular flexibility index (Phi) is 4.68. The van der Waals surface area contributed by atoms with Crippen LogP contribution in [0.25, 0.3) is 0 Å². The van der Waals surface area contributed by atoms with Crippen molar-refractivity contribution in [1.29, 1.82) is 0 Å². The van der Waals surface area contributed by atoms with Gasteiger partial charge in [0, 0.05) is 12.1 Å². The van der Waals surface area contributed by atoms with E-state index in [-0.39, 0.29) is 17.9 Å². The summed E-state index contributed by atoms with van der Waals surface area (Å²) in [6, 6.07) is 3.93. The number of ether oxygens (including phenoxy) is 1. The van der Waals surface area contributed by atoms with Gasteiger partial charge in [0.25, 0.3) is 0 Å². The van der Waals surface area contributed by atoms with Gasteiger partial charge in [-0.15, -0.1) is 0 Å². The molecule has 0 atom stereocenters. The standard InChI is InChI=1S/C14H12F2N2O5/c1-2-17-11(20)12(21)18(14(17)22)7-10(19)8-3-5-9(6-4-8)23-13(15)16/h3-6,13H,2,7H2,1H3. The SMILES string of the molecule is CCN1C(=O)C(=O)N(CC(=O)c2ccc(OC(F)F)cc2)C1=O. The molecule has 2 rings (SSSR count). The number of ketones is 1. The number of rotatable bonds is 6. The van der Waals surface area contributed by atoms with E-state index >= 15 is 0 Å². The monoisotopic (exact) mass is 326 g/mol. The molecule has 1 aromatic carbocycles. The molecule has 0 aliphatic carbocycles. The second-order valence-corrected chi connectivity index (χ2v) is 4.55. The normalized spacial score (nSPS) is 14.9. The number of Topliss-reactive ketones (excluding diaryl/α,β-unsaturated/α-hetero) is 1. The fourth-order valence-electron chi connectivity index (χ4n) is 2.03. The van der Waals surface area contributed by atoms with E-state index in [1.165, 1.54) is 19.1 Å². The summed E-state index contributed by atoms with van der Waals surface area (Å²) in [4.78, 5) is 48.4. The van der Waals surface area contributed by atoms with Crippen LogP contribution in [0, 0.1) is 0 Å². The summed E-state index contributed by atoms with van der Waals surface area (Å²) in [7, 11) is 0. The molecule has 0 radical (unpaired) electrons. The Bertz CT molecular complexity index is 660. The van der Waals surface area contributed by atoms with Crippen LogP contribution in [0.1, 0.15) is 17.3 Å². The summed E-state index contributed by atoms with van der Waals surface area (Å²) < 4.78 is 28.2. The number of amides is 4. The van der Waals surface area contributed by atoms with Gasteiger partial charge < -0.3 is 4.74 Å². The highest BCUT2D eigenvalue weighted by atomic mass is 19.3. The van der Waals surface area contributed by atoms with E-state index in [0.717, 1.165) is 17.0 Å². The molecular formula is C14H12F2N2O5. The van der Waals surface area contributed by atoms with Gasteiger partial charge >= 0.3 is 24.5 Å². The summed E-state index contributed by atoms with van der Waals surface area (Å²) in [6.45, 7) is -2.04. The zero-order valence-corrected chi connectivity index (χ0v) is 12.0. The molecule has 0 unspecified atom stereocenters. The van der Waals surface area contributed by atoms with Crippen molar-refractivity contribution in [2.45, 2.75) is 13.5 Å². The lowest BCUT2D eigenvalue weighted by Crippen LogP contribution is -2.36. The van der Waals surface area contributed by atoms with Crippen molar-refractivity contribution in [2.24, 2.45) is 0 Å². The third kappa shape index (κ3) is 3.33. The van der Waals surface area contributed by atoms with Crippen LogP contribution in [-0.2, 0) is 9.59 Å². The summed E-state index contributed by atoms with van der Waals surface area (Å²) in [6.07, 6.45) is 0. The van der Waals surface area contributed by atoms with Gasteiger partial charge in [-0.3, -0.25) is 19.3 Å². The lowest BCUT2D eigenvalue weighted by molar-refractivity contribution is -0.143. The number of nitrogens with zero attached hydrogens (tertiary/aromatic N) is 2. The van der Waals surface area contributed by atoms with Crippen molar-refractivity contribution in [3.63, 3.8) is 0 Å². The summed E-state index contributed by atoms with van der Waals surface area (Å²) in [5.74, 6) is -2.79. The van der Waals surface area contributed by atoms with Crippen LogP contribution in [-0.4, -0.2) is 53.1 Å². The van der Waals surface area contributed by atoms with E-state index in [0.29, 0.717) is 4.90 Å². The quantitative estimate of drug-likeness (QED) is 0.447.